The lowest BCUT2D eigenvalue weighted by molar-refractivity contribution is -0.148. The van der Waals surface area contributed by atoms with E-state index in [2.05, 4.69) is 4.90 Å². The number of carbonyl (C=O) groups excluding carboxylic acids is 1. The summed E-state index contributed by atoms with van der Waals surface area (Å²) < 4.78 is 6.12. The Balaban J connectivity index is 1.43. The molecule has 1 N–H and O–H groups in total. The molecule has 5 fully saturated rings. The molecule has 0 aromatic rings. The van der Waals surface area contributed by atoms with Crippen molar-refractivity contribution in [1.82, 2.24) is 4.90 Å². The summed E-state index contributed by atoms with van der Waals surface area (Å²) in [6, 6.07) is 0. The molecule has 5 atom stereocenters. The minimum Gasteiger partial charge on any atom is -0.461 e. The van der Waals surface area contributed by atoms with Crippen molar-refractivity contribution < 1.29 is 14.6 Å². The molecular weight excluding hydrogens is 302 g/mol. The highest BCUT2D eigenvalue weighted by molar-refractivity contribution is 5.75. The second-order valence-corrected chi connectivity index (χ2v) is 9.59. The lowest BCUT2D eigenvalue weighted by Crippen LogP contribution is -2.37. The third-order valence-corrected chi connectivity index (χ3v) is 8.48. The fourth-order valence-electron chi connectivity index (χ4n) is 6.87. The average molecular weight is 333 g/mol. The van der Waals surface area contributed by atoms with Crippen molar-refractivity contribution in [2.24, 2.45) is 34.5 Å². The number of ether oxygens (including phenoxy) is 1. The van der Waals surface area contributed by atoms with E-state index in [1.165, 1.54) is 51.4 Å². The van der Waals surface area contributed by atoms with Crippen LogP contribution in [0.2, 0.25) is 0 Å². The van der Waals surface area contributed by atoms with Gasteiger partial charge in [-0.3, -0.25) is 4.79 Å². The van der Waals surface area contributed by atoms with E-state index in [-0.39, 0.29) is 24.6 Å². The quantitative estimate of drug-likeness (QED) is 0.803. The van der Waals surface area contributed by atoms with Crippen LogP contribution in [0, 0.1) is 34.5 Å². The number of rotatable bonds is 4. The Labute approximate surface area is 144 Å². The smallest absolute Gasteiger partial charge is 0.310 e. The van der Waals surface area contributed by atoms with Crippen molar-refractivity contribution in [2.45, 2.75) is 57.5 Å². The molecule has 134 valence electrons. The molecule has 1 heterocycles. The van der Waals surface area contributed by atoms with Crippen LogP contribution in [0.1, 0.15) is 51.4 Å². The van der Waals surface area contributed by atoms with E-state index >= 15 is 0 Å². The summed E-state index contributed by atoms with van der Waals surface area (Å²) in [4.78, 5) is 14.8. The van der Waals surface area contributed by atoms with Crippen LogP contribution < -0.4 is 0 Å². The molecule has 0 bridgehead atoms. The third kappa shape index (κ3) is 2.14. The normalized spacial score (nSPS) is 43.6. The minimum absolute atomic E-state index is 0.0255. The first-order chi connectivity index (χ1) is 11.6. The van der Waals surface area contributed by atoms with Crippen LogP contribution in [0.5, 0.6) is 0 Å². The summed E-state index contributed by atoms with van der Waals surface area (Å²) in [6.45, 7) is 1.54. The number of nitrogens with zero attached hydrogens (tertiary/aromatic N) is 1. The predicted octanol–water partition coefficient (Wildman–Crippen LogP) is 2.45. The van der Waals surface area contributed by atoms with Crippen LogP contribution in [0.25, 0.3) is 0 Å². The molecule has 0 aromatic heterocycles. The van der Waals surface area contributed by atoms with Gasteiger partial charge in [0.1, 0.15) is 6.10 Å². The summed E-state index contributed by atoms with van der Waals surface area (Å²) >= 11 is 0. The molecule has 0 amide bonds. The van der Waals surface area contributed by atoms with Gasteiger partial charge in [-0.2, -0.15) is 0 Å². The lowest BCUT2D eigenvalue weighted by atomic mass is 9.73. The fourth-order valence-corrected chi connectivity index (χ4v) is 6.87. The van der Waals surface area contributed by atoms with E-state index in [9.17, 15) is 9.90 Å². The number of aliphatic hydroxyl groups excluding tert-OH is 1. The largest absolute Gasteiger partial charge is 0.461 e. The Morgan fingerprint density at radius 1 is 1.12 bits per heavy atom. The molecule has 5 rings (SSSR count). The summed E-state index contributed by atoms with van der Waals surface area (Å²) in [5.74, 6) is 1.98. The number of likely N-dealkylation sites (N-methyl/N-ethyl adjacent to an activating group) is 1. The van der Waals surface area contributed by atoms with Gasteiger partial charge in [-0.1, -0.05) is 0 Å². The van der Waals surface area contributed by atoms with Gasteiger partial charge in [0.15, 0.2) is 0 Å². The highest BCUT2D eigenvalue weighted by Crippen LogP contribution is 2.74. The second-order valence-electron chi connectivity index (χ2n) is 9.59. The van der Waals surface area contributed by atoms with E-state index in [0.29, 0.717) is 29.2 Å². The van der Waals surface area contributed by atoms with Gasteiger partial charge in [0, 0.05) is 24.9 Å². The van der Waals surface area contributed by atoms with Crippen molar-refractivity contribution in [3.05, 3.63) is 0 Å². The number of hydrogen-bond acceptors (Lipinski definition) is 4. The molecule has 1 unspecified atom stereocenters. The van der Waals surface area contributed by atoms with Gasteiger partial charge in [0.25, 0.3) is 0 Å². The maximum Gasteiger partial charge on any atom is 0.310 e. The van der Waals surface area contributed by atoms with E-state index in [1.807, 2.05) is 7.05 Å². The Hall–Kier alpha value is -0.610. The zero-order valence-corrected chi connectivity index (χ0v) is 14.9. The first-order valence-electron chi connectivity index (χ1n) is 10.1. The van der Waals surface area contributed by atoms with Gasteiger partial charge in [-0.05, 0) is 75.2 Å². The summed E-state index contributed by atoms with van der Waals surface area (Å²) in [5, 5.41) is 9.17. The number of carbonyl (C=O) groups is 1. The molecule has 4 heteroatoms. The van der Waals surface area contributed by atoms with Crippen molar-refractivity contribution >= 4 is 5.97 Å². The van der Waals surface area contributed by atoms with Gasteiger partial charge in [-0.25, -0.2) is 0 Å². The van der Waals surface area contributed by atoms with Gasteiger partial charge < -0.3 is 14.7 Å². The lowest BCUT2D eigenvalue weighted by Gasteiger charge is -2.33. The Kier molecular flexibility index (Phi) is 3.39. The van der Waals surface area contributed by atoms with Gasteiger partial charge >= 0.3 is 5.97 Å². The second kappa shape index (κ2) is 5.20. The third-order valence-electron chi connectivity index (χ3n) is 8.48. The highest BCUT2D eigenvalue weighted by Gasteiger charge is 2.69. The van der Waals surface area contributed by atoms with E-state index in [0.717, 1.165) is 12.5 Å². The monoisotopic (exact) mass is 333 g/mol. The predicted molar refractivity (Wildman–Crippen MR) is 90.2 cm³/mol. The van der Waals surface area contributed by atoms with E-state index in [1.54, 1.807) is 0 Å². The zero-order chi connectivity index (χ0) is 16.5. The minimum atomic E-state index is 0.0255. The first-order valence-corrected chi connectivity index (χ1v) is 10.1. The molecule has 2 spiro atoms. The van der Waals surface area contributed by atoms with Crippen molar-refractivity contribution in [3.63, 3.8) is 0 Å². The number of aliphatic hydroxyl groups is 1. The molecule has 4 nitrogen and oxygen atoms in total. The van der Waals surface area contributed by atoms with E-state index < -0.39 is 0 Å². The Morgan fingerprint density at radius 3 is 2.50 bits per heavy atom. The molecule has 0 radical (unpaired) electrons. The fraction of sp³-hybridized carbons (Fsp3) is 0.950. The molecule has 5 aliphatic rings. The number of esters is 1. The summed E-state index contributed by atoms with van der Waals surface area (Å²) in [6.07, 6.45) is 11.1. The topological polar surface area (TPSA) is 49.8 Å². The molecule has 24 heavy (non-hydrogen) atoms. The number of fused-ring (bicyclic) bond motifs is 5. The SMILES string of the molecule is CN(CCO)C[C@@H]1C(=O)OC2[C@H]1CCC1(CC1)[C@@H]1CCC3(CC3)[C@H]21. The Bertz CT molecular complexity index is 539. The zero-order valence-electron chi connectivity index (χ0n) is 14.9. The maximum atomic E-state index is 12.7. The van der Waals surface area contributed by atoms with Crippen LogP contribution in [0.3, 0.4) is 0 Å². The van der Waals surface area contributed by atoms with Gasteiger partial charge in [-0.15, -0.1) is 0 Å². The van der Waals surface area contributed by atoms with Gasteiger partial charge in [0.05, 0.1) is 12.5 Å². The van der Waals surface area contributed by atoms with Crippen molar-refractivity contribution in [3.8, 4) is 0 Å². The molecule has 1 aliphatic heterocycles. The maximum absolute atomic E-state index is 12.7. The molecule has 4 aliphatic carbocycles. The van der Waals surface area contributed by atoms with Crippen molar-refractivity contribution in [2.75, 3.05) is 26.7 Å². The first kappa shape index (κ1) is 15.6. The van der Waals surface area contributed by atoms with Crippen LogP contribution in [0.15, 0.2) is 0 Å². The standard InChI is InChI=1S/C20H31NO3/c1-21(10-11-22)12-14-13-2-4-19(6-7-19)15-3-5-20(8-9-20)16(15)17(13)24-18(14)23/h13-17,22H,2-12H2,1H3/t13-,14-,15+,16-,17?/m0/s1. The number of hydrogen-bond donors (Lipinski definition) is 1. The summed E-state index contributed by atoms with van der Waals surface area (Å²) in [7, 11) is 2.01. The van der Waals surface area contributed by atoms with Crippen LogP contribution in [-0.4, -0.2) is 48.8 Å². The van der Waals surface area contributed by atoms with Crippen LogP contribution in [0.4, 0.5) is 0 Å². The molecule has 4 saturated carbocycles. The van der Waals surface area contributed by atoms with E-state index in [4.69, 9.17) is 4.74 Å². The average Bonchev–Trinajstić information content (AvgIpc) is 3.43. The van der Waals surface area contributed by atoms with Crippen molar-refractivity contribution in [1.29, 1.82) is 0 Å². The Morgan fingerprint density at radius 2 is 1.83 bits per heavy atom. The van der Waals surface area contributed by atoms with Gasteiger partial charge in [0.2, 0.25) is 0 Å². The van der Waals surface area contributed by atoms with Crippen LogP contribution >= 0.6 is 0 Å². The summed E-state index contributed by atoms with van der Waals surface area (Å²) in [5.41, 5.74) is 1.16. The molecule has 0 aromatic carbocycles. The molecular formula is C20H31NO3. The molecule has 1 saturated heterocycles. The van der Waals surface area contributed by atoms with Crippen LogP contribution in [-0.2, 0) is 9.53 Å². The highest BCUT2D eigenvalue weighted by atomic mass is 16.6.